The third-order valence-corrected chi connectivity index (χ3v) is 5.11. The second-order valence-corrected chi connectivity index (χ2v) is 6.87. The monoisotopic (exact) mass is 326 g/mol. The Morgan fingerprint density at radius 1 is 1.56 bits per heavy atom. The number of thioether (sulfide) groups is 1. The molecule has 0 saturated carbocycles. The van der Waals surface area contributed by atoms with E-state index in [9.17, 15) is 0 Å². The van der Waals surface area contributed by atoms with E-state index >= 15 is 0 Å². The second kappa shape index (κ2) is 5.66. The molecule has 98 valence electrons. The van der Waals surface area contributed by atoms with Crippen molar-refractivity contribution in [2.24, 2.45) is 4.99 Å². The number of nitrogens with zero attached hydrogens (tertiary/aromatic N) is 1. The molecule has 0 aromatic heterocycles. The molecule has 2 rings (SSSR count). The van der Waals surface area contributed by atoms with Gasteiger partial charge < -0.3 is 5.32 Å². The summed E-state index contributed by atoms with van der Waals surface area (Å²) in [5.74, 6) is 1.10. The van der Waals surface area contributed by atoms with Gasteiger partial charge in [0.2, 0.25) is 0 Å². The molecule has 2 atom stereocenters. The van der Waals surface area contributed by atoms with Crippen LogP contribution in [0.25, 0.3) is 0 Å². The first kappa shape index (κ1) is 13.9. The van der Waals surface area contributed by atoms with E-state index in [0.717, 1.165) is 21.8 Å². The van der Waals surface area contributed by atoms with Crippen molar-refractivity contribution in [2.45, 2.75) is 38.8 Å². The number of benzene rings is 1. The molecule has 4 heteroatoms. The van der Waals surface area contributed by atoms with E-state index in [2.05, 4.69) is 60.2 Å². The lowest BCUT2D eigenvalue weighted by Gasteiger charge is -2.21. The maximum Gasteiger partial charge on any atom is 0.157 e. The summed E-state index contributed by atoms with van der Waals surface area (Å²) < 4.78 is 1.11. The van der Waals surface area contributed by atoms with Crippen LogP contribution in [-0.2, 0) is 0 Å². The van der Waals surface area contributed by atoms with Crippen molar-refractivity contribution in [2.75, 3.05) is 5.75 Å². The fourth-order valence-corrected chi connectivity index (χ4v) is 3.53. The highest BCUT2D eigenvalue weighted by atomic mass is 79.9. The van der Waals surface area contributed by atoms with Gasteiger partial charge in [0, 0.05) is 15.8 Å². The van der Waals surface area contributed by atoms with E-state index in [1.807, 2.05) is 17.8 Å². The number of halogens is 1. The van der Waals surface area contributed by atoms with Crippen LogP contribution >= 0.6 is 27.7 Å². The van der Waals surface area contributed by atoms with Crippen molar-refractivity contribution >= 4 is 32.9 Å². The first-order valence-corrected chi connectivity index (χ1v) is 8.04. The quantitative estimate of drug-likeness (QED) is 0.891. The molecule has 1 heterocycles. The molecule has 0 spiro atoms. The molecule has 18 heavy (non-hydrogen) atoms. The van der Waals surface area contributed by atoms with E-state index in [1.54, 1.807) is 0 Å². The average Bonchev–Trinajstić information content (AvgIpc) is 2.72. The Morgan fingerprint density at radius 3 is 2.94 bits per heavy atom. The zero-order valence-corrected chi connectivity index (χ0v) is 13.4. The van der Waals surface area contributed by atoms with Crippen LogP contribution in [0.2, 0.25) is 0 Å². The van der Waals surface area contributed by atoms with Crippen molar-refractivity contribution in [3.05, 3.63) is 34.3 Å². The highest BCUT2D eigenvalue weighted by molar-refractivity contribution is 9.10. The number of aliphatic imine (C=N–C) groups is 1. The predicted octanol–water partition coefficient (Wildman–Crippen LogP) is 4.37. The molecule has 1 aromatic carbocycles. The maximum absolute atomic E-state index is 4.78. The van der Waals surface area contributed by atoms with Crippen LogP contribution in [0, 0.1) is 0 Å². The lowest BCUT2D eigenvalue weighted by atomic mass is 10.0. The molecule has 0 radical (unpaired) electrons. The van der Waals surface area contributed by atoms with Gasteiger partial charge in [0.1, 0.15) is 0 Å². The number of hydrogen-bond acceptors (Lipinski definition) is 2. The summed E-state index contributed by atoms with van der Waals surface area (Å²) in [5, 5.41) is 4.61. The zero-order valence-electron chi connectivity index (χ0n) is 11.0. The van der Waals surface area contributed by atoms with Gasteiger partial charge in [0.15, 0.2) is 5.17 Å². The number of rotatable bonds is 3. The molecule has 1 saturated heterocycles. The Balaban J connectivity index is 2.10. The molecule has 2 unspecified atom stereocenters. The topological polar surface area (TPSA) is 24.4 Å². The molecule has 2 nitrogen and oxygen atoms in total. The lowest BCUT2D eigenvalue weighted by molar-refractivity contribution is 0.465. The van der Waals surface area contributed by atoms with Crippen molar-refractivity contribution in [3.63, 3.8) is 0 Å². The highest BCUT2D eigenvalue weighted by Crippen LogP contribution is 2.28. The van der Waals surface area contributed by atoms with Crippen LogP contribution in [0.1, 0.15) is 38.8 Å². The van der Waals surface area contributed by atoms with E-state index in [-0.39, 0.29) is 11.6 Å². The van der Waals surface area contributed by atoms with Crippen molar-refractivity contribution in [1.82, 2.24) is 5.32 Å². The summed E-state index contributed by atoms with van der Waals surface area (Å²) in [7, 11) is 0. The minimum Gasteiger partial charge on any atom is -0.359 e. The van der Waals surface area contributed by atoms with Gasteiger partial charge in [0.25, 0.3) is 0 Å². The van der Waals surface area contributed by atoms with E-state index in [0.29, 0.717) is 0 Å². The first-order valence-electron chi connectivity index (χ1n) is 6.27. The Labute approximate surface area is 122 Å². The van der Waals surface area contributed by atoms with Gasteiger partial charge in [0.05, 0.1) is 6.04 Å². The summed E-state index contributed by atoms with van der Waals surface area (Å²) in [6.07, 6.45) is 1.13. The molecule has 1 fully saturated rings. The van der Waals surface area contributed by atoms with Crippen LogP contribution < -0.4 is 5.32 Å². The van der Waals surface area contributed by atoms with Gasteiger partial charge in [-0.3, -0.25) is 4.99 Å². The van der Waals surface area contributed by atoms with Crippen LogP contribution in [0.15, 0.2) is 33.7 Å². The summed E-state index contributed by atoms with van der Waals surface area (Å²) in [5.41, 5.74) is 1.45. The van der Waals surface area contributed by atoms with Crippen LogP contribution in [0.3, 0.4) is 0 Å². The fourth-order valence-electron chi connectivity index (χ4n) is 1.83. The summed E-state index contributed by atoms with van der Waals surface area (Å²) in [6, 6.07) is 8.55. The van der Waals surface area contributed by atoms with Crippen LogP contribution in [0.5, 0.6) is 0 Å². The summed E-state index contributed by atoms with van der Waals surface area (Å²) in [4.78, 5) is 4.78. The standard InChI is InChI=1S/C14H19BrN2S/c1-4-14(3)9-18-13(17-14)16-10(2)11-6-5-7-12(15)8-11/h5-8,10H,4,9H2,1-3H3,(H,16,17). The van der Waals surface area contributed by atoms with Crippen molar-refractivity contribution in [3.8, 4) is 0 Å². The van der Waals surface area contributed by atoms with Gasteiger partial charge in [-0.2, -0.15) is 0 Å². The van der Waals surface area contributed by atoms with Gasteiger partial charge >= 0.3 is 0 Å². The minimum atomic E-state index is 0.191. The van der Waals surface area contributed by atoms with Crippen molar-refractivity contribution in [1.29, 1.82) is 0 Å². The molecule has 1 aromatic rings. The normalized spacial score (nSPS) is 27.2. The van der Waals surface area contributed by atoms with Crippen molar-refractivity contribution < 1.29 is 0 Å². The van der Waals surface area contributed by atoms with E-state index in [4.69, 9.17) is 4.99 Å². The van der Waals surface area contributed by atoms with Gasteiger partial charge in [-0.1, -0.05) is 46.7 Å². The van der Waals surface area contributed by atoms with Gasteiger partial charge in [-0.25, -0.2) is 0 Å². The predicted molar refractivity (Wildman–Crippen MR) is 84.3 cm³/mol. The Kier molecular flexibility index (Phi) is 4.38. The zero-order chi connectivity index (χ0) is 13.2. The lowest BCUT2D eigenvalue weighted by Crippen LogP contribution is -2.39. The maximum atomic E-state index is 4.78. The van der Waals surface area contributed by atoms with Gasteiger partial charge in [-0.15, -0.1) is 0 Å². The molecular formula is C14H19BrN2S. The molecule has 1 aliphatic heterocycles. The first-order chi connectivity index (χ1) is 8.52. The summed E-state index contributed by atoms with van der Waals surface area (Å²) >= 11 is 5.33. The minimum absolute atomic E-state index is 0.191. The average molecular weight is 327 g/mol. The Bertz CT molecular complexity index is 461. The number of amidine groups is 1. The highest BCUT2D eigenvalue weighted by Gasteiger charge is 2.30. The summed E-state index contributed by atoms with van der Waals surface area (Å²) in [6.45, 7) is 6.61. The molecule has 0 bridgehead atoms. The Hall–Kier alpha value is -0.480. The number of hydrogen-bond donors (Lipinski definition) is 1. The molecule has 0 aliphatic carbocycles. The van der Waals surface area contributed by atoms with E-state index in [1.165, 1.54) is 5.56 Å². The van der Waals surface area contributed by atoms with Gasteiger partial charge in [-0.05, 0) is 38.0 Å². The molecular weight excluding hydrogens is 308 g/mol. The third kappa shape index (κ3) is 3.29. The fraction of sp³-hybridized carbons (Fsp3) is 0.500. The third-order valence-electron chi connectivity index (χ3n) is 3.36. The SMILES string of the molecule is CCC1(C)CSC(=NC(C)c2cccc(Br)c2)N1. The van der Waals surface area contributed by atoms with E-state index < -0.39 is 0 Å². The number of nitrogens with one attached hydrogen (secondary N) is 1. The Morgan fingerprint density at radius 2 is 2.33 bits per heavy atom. The second-order valence-electron chi connectivity index (χ2n) is 4.99. The molecule has 1 N–H and O–H groups in total. The van der Waals surface area contributed by atoms with Crippen LogP contribution in [0.4, 0.5) is 0 Å². The molecule has 1 aliphatic rings. The van der Waals surface area contributed by atoms with Crippen LogP contribution in [-0.4, -0.2) is 16.5 Å². The largest absolute Gasteiger partial charge is 0.359 e. The molecule has 0 amide bonds. The smallest absolute Gasteiger partial charge is 0.157 e.